The molecular weight excluding hydrogens is 478 g/mol. The number of H-pyrrole nitrogens is 1. The number of carbonyl (C=O) groups excluding carboxylic acids is 1. The molecule has 0 saturated heterocycles. The minimum atomic E-state index is -0.593. The van der Waals surface area contributed by atoms with Gasteiger partial charge in [-0.3, -0.25) is 9.78 Å². The van der Waals surface area contributed by atoms with E-state index in [-0.39, 0.29) is 29.6 Å². The highest BCUT2D eigenvalue weighted by Gasteiger charge is 2.15. The van der Waals surface area contributed by atoms with Crippen molar-refractivity contribution in [3.05, 3.63) is 93.7 Å². The van der Waals surface area contributed by atoms with E-state index in [0.29, 0.717) is 28.4 Å². The summed E-state index contributed by atoms with van der Waals surface area (Å²) in [6.07, 6.45) is 1.46. The zero-order valence-electron chi connectivity index (χ0n) is 19.8. The lowest BCUT2D eigenvalue weighted by Crippen LogP contribution is -2.16. The molecule has 4 aromatic rings. The number of carbonyl (C=O) groups is 1. The fourth-order valence-corrected chi connectivity index (χ4v) is 3.36. The van der Waals surface area contributed by atoms with E-state index in [1.165, 1.54) is 26.5 Å². The van der Waals surface area contributed by atoms with Gasteiger partial charge in [-0.15, -0.1) is 0 Å². The molecule has 0 amide bonds. The number of benzene rings is 2. The van der Waals surface area contributed by atoms with Crippen LogP contribution in [0.15, 0.2) is 75.0 Å². The predicted octanol–water partition coefficient (Wildman–Crippen LogP) is 3.72. The minimum absolute atomic E-state index is 0.0105. The maximum absolute atomic E-state index is 12.4. The Morgan fingerprint density at radius 3 is 2.70 bits per heavy atom. The third-order valence-corrected chi connectivity index (χ3v) is 5.09. The summed E-state index contributed by atoms with van der Waals surface area (Å²) in [5, 5.41) is 13.6. The second-order valence-electron chi connectivity index (χ2n) is 7.41. The van der Waals surface area contributed by atoms with Crippen LogP contribution in [0.1, 0.15) is 27.4 Å². The Kier molecular flexibility index (Phi) is 7.60. The molecule has 2 aromatic heterocycles. The Bertz CT molecular complexity index is 1540. The van der Waals surface area contributed by atoms with Crippen molar-refractivity contribution in [2.24, 2.45) is 5.10 Å². The van der Waals surface area contributed by atoms with E-state index in [4.69, 9.17) is 13.9 Å². The molecule has 2 heterocycles. The maximum atomic E-state index is 12.4. The van der Waals surface area contributed by atoms with Crippen LogP contribution in [0.5, 0.6) is 11.5 Å². The van der Waals surface area contributed by atoms with Gasteiger partial charge in [0.15, 0.2) is 11.5 Å². The molecule has 0 spiro atoms. The molecule has 0 bridgehead atoms. The van der Waals surface area contributed by atoms with Crippen LogP contribution in [0.3, 0.4) is 0 Å². The van der Waals surface area contributed by atoms with Crippen LogP contribution in [0.4, 0.5) is 5.95 Å². The first-order valence-corrected chi connectivity index (χ1v) is 10.9. The largest absolute Gasteiger partial charge is 0.493 e. The van der Waals surface area contributed by atoms with Gasteiger partial charge >= 0.3 is 5.97 Å². The number of aromatic amines is 1. The highest BCUT2D eigenvalue weighted by Crippen LogP contribution is 2.31. The van der Waals surface area contributed by atoms with Crippen molar-refractivity contribution in [3.63, 3.8) is 0 Å². The molecule has 0 radical (unpaired) electrons. The van der Waals surface area contributed by atoms with E-state index in [1.54, 1.807) is 48.5 Å². The lowest BCUT2D eigenvalue weighted by atomic mass is 10.1. The van der Waals surface area contributed by atoms with E-state index < -0.39 is 11.5 Å². The summed E-state index contributed by atoms with van der Waals surface area (Å²) >= 11 is 0. The van der Waals surface area contributed by atoms with Gasteiger partial charge in [-0.1, -0.05) is 36.4 Å². The molecule has 186 valence electrons. The number of hydrogen-bond acceptors (Lipinski definition) is 10. The summed E-state index contributed by atoms with van der Waals surface area (Å²) < 4.78 is 21.4. The molecule has 11 nitrogen and oxygen atoms in total. The molecule has 2 aromatic carbocycles. The van der Waals surface area contributed by atoms with E-state index in [9.17, 15) is 14.9 Å². The average molecular weight is 499 g/mol. The fraction of sp³-hybridized carbons (Fsp3) is 0.115. The third kappa shape index (κ3) is 5.66. The Hall–Kier alpha value is -5.37. The molecule has 0 aliphatic rings. The monoisotopic (exact) mass is 499 g/mol. The first-order valence-electron chi connectivity index (χ1n) is 10.9. The number of esters is 1. The number of nitrogens with zero attached hydrogens (tertiary/aromatic N) is 3. The maximum Gasteiger partial charge on any atom is 0.373 e. The quantitative estimate of drug-likeness (QED) is 0.199. The SMILES string of the molecule is COC(=O)c1ccc(COc2c(C=NNc3nc(-c4ccccc4)c(C#N)c(=O)[nH]3)cccc2OC)o1. The lowest BCUT2D eigenvalue weighted by molar-refractivity contribution is 0.0561. The first-order chi connectivity index (χ1) is 18.0. The zero-order valence-corrected chi connectivity index (χ0v) is 19.8. The zero-order chi connectivity index (χ0) is 26.2. The van der Waals surface area contributed by atoms with Crippen LogP contribution in [0.25, 0.3) is 11.3 Å². The van der Waals surface area contributed by atoms with Crippen LogP contribution in [-0.4, -0.2) is 36.4 Å². The molecule has 0 fully saturated rings. The highest BCUT2D eigenvalue weighted by molar-refractivity contribution is 5.86. The van der Waals surface area contributed by atoms with Crippen LogP contribution >= 0.6 is 0 Å². The number of nitrogens with one attached hydrogen (secondary N) is 2. The number of ether oxygens (including phenoxy) is 3. The van der Waals surface area contributed by atoms with Crippen LogP contribution in [0, 0.1) is 11.3 Å². The van der Waals surface area contributed by atoms with Gasteiger partial charge in [-0.05, 0) is 24.3 Å². The molecule has 0 atom stereocenters. The Labute approximate surface area is 210 Å². The molecule has 0 saturated carbocycles. The number of nitriles is 1. The van der Waals surface area contributed by atoms with Crippen LogP contribution in [0.2, 0.25) is 0 Å². The van der Waals surface area contributed by atoms with E-state index in [1.807, 2.05) is 12.1 Å². The van der Waals surface area contributed by atoms with Gasteiger partial charge in [0.2, 0.25) is 11.7 Å². The molecule has 0 unspecified atom stereocenters. The average Bonchev–Trinajstić information content (AvgIpc) is 3.41. The summed E-state index contributed by atoms with van der Waals surface area (Å²) in [5.41, 5.74) is 3.39. The summed E-state index contributed by atoms with van der Waals surface area (Å²) in [5.74, 6) is 0.742. The molecule has 0 aliphatic carbocycles. The van der Waals surface area contributed by atoms with Crippen molar-refractivity contribution in [3.8, 4) is 28.8 Å². The lowest BCUT2D eigenvalue weighted by Gasteiger charge is -2.12. The first kappa shape index (κ1) is 24.7. The highest BCUT2D eigenvalue weighted by atomic mass is 16.5. The van der Waals surface area contributed by atoms with Crippen molar-refractivity contribution >= 4 is 18.1 Å². The third-order valence-electron chi connectivity index (χ3n) is 5.09. The fourth-order valence-electron chi connectivity index (χ4n) is 3.36. The van der Waals surface area contributed by atoms with Gasteiger partial charge in [0.1, 0.15) is 24.0 Å². The van der Waals surface area contributed by atoms with E-state index in [2.05, 4.69) is 25.2 Å². The molecule has 2 N–H and O–H groups in total. The van der Waals surface area contributed by atoms with Crippen molar-refractivity contribution in [2.75, 3.05) is 19.6 Å². The van der Waals surface area contributed by atoms with E-state index in [0.717, 1.165) is 0 Å². The Morgan fingerprint density at radius 1 is 1.16 bits per heavy atom. The smallest absolute Gasteiger partial charge is 0.373 e. The van der Waals surface area contributed by atoms with Crippen molar-refractivity contribution in [1.82, 2.24) is 9.97 Å². The van der Waals surface area contributed by atoms with Crippen LogP contribution < -0.4 is 20.5 Å². The summed E-state index contributed by atoms with van der Waals surface area (Å²) in [6, 6.07) is 19.1. The minimum Gasteiger partial charge on any atom is -0.493 e. The van der Waals surface area contributed by atoms with Gasteiger partial charge in [-0.25, -0.2) is 15.2 Å². The Balaban J connectivity index is 1.56. The number of hydrazone groups is 1. The van der Waals surface area contributed by atoms with Crippen molar-refractivity contribution < 1.29 is 23.4 Å². The van der Waals surface area contributed by atoms with Crippen LogP contribution in [-0.2, 0) is 11.3 Å². The predicted molar refractivity (Wildman–Crippen MR) is 134 cm³/mol. The summed E-state index contributed by atoms with van der Waals surface area (Å²) in [4.78, 5) is 30.9. The summed E-state index contributed by atoms with van der Waals surface area (Å²) in [7, 11) is 2.77. The van der Waals surface area contributed by atoms with Gasteiger partial charge in [0.25, 0.3) is 5.56 Å². The number of hydrogen-bond donors (Lipinski definition) is 2. The van der Waals surface area contributed by atoms with Crippen molar-refractivity contribution in [2.45, 2.75) is 6.61 Å². The molecule has 11 heteroatoms. The standard InChI is InChI=1S/C26H21N5O6/c1-34-20-10-6-9-17(23(20)36-15-18-11-12-21(37-18)25(33)35-2)14-28-31-26-29-22(16-7-4-3-5-8-16)19(13-27)24(32)30-26/h3-12,14H,15H2,1-2H3,(H2,29,30,31,32). The van der Waals surface area contributed by atoms with Gasteiger partial charge in [-0.2, -0.15) is 10.4 Å². The topological polar surface area (TPSA) is 152 Å². The number of para-hydroxylation sites is 1. The van der Waals surface area contributed by atoms with Crippen molar-refractivity contribution in [1.29, 1.82) is 5.26 Å². The molecular formula is C26H21N5O6. The van der Waals surface area contributed by atoms with Gasteiger partial charge < -0.3 is 18.6 Å². The number of anilines is 1. The van der Waals surface area contributed by atoms with E-state index >= 15 is 0 Å². The molecule has 0 aliphatic heterocycles. The molecule has 4 rings (SSSR count). The normalized spacial score (nSPS) is 10.6. The number of aromatic nitrogens is 2. The number of furan rings is 1. The number of methoxy groups -OCH3 is 2. The second kappa shape index (κ2) is 11.4. The summed E-state index contributed by atoms with van der Waals surface area (Å²) in [6.45, 7) is 0.0105. The second-order valence-corrected chi connectivity index (χ2v) is 7.41. The Morgan fingerprint density at radius 2 is 1.97 bits per heavy atom. The van der Waals surface area contributed by atoms with Gasteiger partial charge in [0, 0.05) is 11.1 Å². The number of rotatable bonds is 9. The van der Waals surface area contributed by atoms with Gasteiger partial charge in [0.05, 0.1) is 26.1 Å². The molecule has 37 heavy (non-hydrogen) atoms.